The van der Waals surface area contributed by atoms with Crippen LogP contribution in [0.3, 0.4) is 0 Å². The van der Waals surface area contributed by atoms with Gasteiger partial charge in [0.2, 0.25) is 17.7 Å². The van der Waals surface area contributed by atoms with Gasteiger partial charge in [0.05, 0.1) is 24.0 Å². The molecule has 0 saturated carbocycles. The molecular formula is C28H41N3O6. The molecule has 2 bridgehead atoms. The van der Waals surface area contributed by atoms with Crippen molar-refractivity contribution < 1.29 is 29.0 Å². The molecule has 3 fully saturated rings. The van der Waals surface area contributed by atoms with E-state index in [1.807, 2.05) is 27.7 Å². The van der Waals surface area contributed by atoms with Crippen molar-refractivity contribution in [1.29, 1.82) is 0 Å². The van der Waals surface area contributed by atoms with Crippen molar-refractivity contribution in [3.8, 4) is 5.75 Å². The van der Waals surface area contributed by atoms with Gasteiger partial charge >= 0.3 is 0 Å². The van der Waals surface area contributed by atoms with Gasteiger partial charge in [0.15, 0.2) is 0 Å². The maximum atomic E-state index is 13.9. The van der Waals surface area contributed by atoms with Gasteiger partial charge in [-0.3, -0.25) is 14.4 Å². The molecule has 0 aliphatic carbocycles. The number of fused-ring (bicyclic) bond motifs is 1. The van der Waals surface area contributed by atoms with Gasteiger partial charge in [-0.15, -0.1) is 0 Å². The number of likely N-dealkylation sites (tertiary alicyclic amines) is 1. The van der Waals surface area contributed by atoms with Gasteiger partial charge in [0.25, 0.3) is 0 Å². The molecule has 1 aromatic carbocycles. The van der Waals surface area contributed by atoms with Crippen molar-refractivity contribution in [2.75, 3.05) is 25.1 Å². The number of carbonyl (C=O) groups is 3. The van der Waals surface area contributed by atoms with Gasteiger partial charge < -0.3 is 30.1 Å². The van der Waals surface area contributed by atoms with Crippen LogP contribution in [-0.2, 0) is 19.1 Å². The molecule has 3 aliphatic heterocycles. The summed E-state index contributed by atoms with van der Waals surface area (Å²) in [4.78, 5) is 42.9. The number of aliphatic hydroxyl groups excluding tert-OH is 1. The molecule has 4 rings (SSSR count). The van der Waals surface area contributed by atoms with Crippen LogP contribution < -0.4 is 15.4 Å². The summed E-state index contributed by atoms with van der Waals surface area (Å²) in [5.41, 5.74) is -1.36. The average molecular weight is 516 g/mol. The van der Waals surface area contributed by atoms with E-state index in [9.17, 15) is 19.5 Å². The Morgan fingerprint density at radius 1 is 1.24 bits per heavy atom. The number of rotatable bonds is 11. The number of carbonyl (C=O) groups excluding carboxylic acids is 3. The van der Waals surface area contributed by atoms with Crippen molar-refractivity contribution in [2.24, 2.45) is 17.8 Å². The van der Waals surface area contributed by atoms with E-state index in [-0.39, 0.29) is 42.8 Å². The van der Waals surface area contributed by atoms with Gasteiger partial charge in [-0.2, -0.15) is 0 Å². The van der Waals surface area contributed by atoms with Gasteiger partial charge in [0, 0.05) is 24.9 Å². The zero-order valence-corrected chi connectivity index (χ0v) is 22.6. The fraction of sp³-hybridized carbons (Fsp3) is 0.679. The maximum absolute atomic E-state index is 13.9. The van der Waals surface area contributed by atoms with Crippen LogP contribution in [-0.4, -0.2) is 70.8 Å². The van der Waals surface area contributed by atoms with E-state index in [2.05, 4.69) is 17.6 Å². The minimum absolute atomic E-state index is 0.0335. The number of aliphatic hydroxyl groups is 1. The molecule has 1 spiro atoms. The normalized spacial score (nSPS) is 32.8. The van der Waals surface area contributed by atoms with Gasteiger partial charge in [0.1, 0.15) is 17.4 Å². The lowest BCUT2D eigenvalue weighted by molar-refractivity contribution is -0.146. The third-order valence-electron chi connectivity index (χ3n) is 8.45. The van der Waals surface area contributed by atoms with Crippen molar-refractivity contribution in [1.82, 2.24) is 10.2 Å². The Balaban J connectivity index is 1.66. The minimum Gasteiger partial charge on any atom is -0.494 e. The zero-order chi connectivity index (χ0) is 27.0. The number of hydrogen-bond donors (Lipinski definition) is 3. The summed E-state index contributed by atoms with van der Waals surface area (Å²) in [5, 5.41) is 15.5. The monoisotopic (exact) mass is 515 g/mol. The molecule has 0 aromatic heterocycles. The number of anilines is 1. The van der Waals surface area contributed by atoms with E-state index < -0.39 is 29.1 Å². The Labute approximate surface area is 219 Å². The highest BCUT2D eigenvalue weighted by Crippen LogP contribution is 2.65. The summed E-state index contributed by atoms with van der Waals surface area (Å²) >= 11 is 0. The Morgan fingerprint density at radius 3 is 2.57 bits per heavy atom. The fourth-order valence-corrected chi connectivity index (χ4v) is 6.77. The van der Waals surface area contributed by atoms with Crippen LogP contribution in [0.1, 0.15) is 60.3 Å². The Kier molecular flexibility index (Phi) is 7.85. The third kappa shape index (κ3) is 4.61. The predicted octanol–water partition coefficient (Wildman–Crippen LogP) is 2.72. The Hall–Kier alpha value is -2.65. The summed E-state index contributed by atoms with van der Waals surface area (Å²) < 4.78 is 12.2. The van der Waals surface area contributed by atoms with Crippen LogP contribution in [0.5, 0.6) is 5.75 Å². The number of amides is 3. The van der Waals surface area contributed by atoms with Crippen LogP contribution in [0.2, 0.25) is 0 Å². The number of hydrogen-bond acceptors (Lipinski definition) is 6. The average Bonchev–Trinajstić information content (AvgIpc) is 3.35. The first-order chi connectivity index (χ1) is 17.6. The molecule has 3 saturated heterocycles. The molecule has 1 aromatic rings. The zero-order valence-electron chi connectivity index (χ0n) is 22.6. The number of benzene rings is 1. The van der Waals surface area contributed by atoms with Gasteiger partial charge in [-0.05, 0) is 70.2 Å². The molecule has 204 valence electrons. The lowest BCUT2D eigenvalue weighted by Crippen LogP contribution is -2.57. The SMILES string of the molecule is CCCC(C)NC(=O)C1N(CCCO)C(=O)[C@@H]2[C@H](C(=O)Nc3ccc(OCC)cc3)[C@@]3(C)OC12CC3C. The number of ether oxygens (including phenoxy) is 2. The van der Waals surface area contributed by atoms with Crippen LogP contribution in [0.25, 0.3) is 0 Å². The molecule has 3 heterocycles. The molecule has 37 heavy (non-hydrogen) atoms. The highest BCUT2D eigenvalue weighted by molar-refractivity contribution is 6.02. The summed E-state index contributed by atoms with van der Waals surface area (Å²) in [5.74, 6) is -1.64. The van der Waals surface area contributed by atoms with Crippen LogP contribution in [0, 0.1) is 17.8 Å². The molecule has 3 aliphatic rings. The molecule has 9 nitrogen and oxygen atoms in total. The Bertz CT molecular complexity index is 1020. The molecule has 3 amide bonds. The first kappa shape index (κ1) is 27.4. The lowest BCUT2D eigenvalue weighted by atomic mass is 9.62. The first-order valence-corrected chi connectivity index (χ1v) is 13.6. The molecule has 0 radical (unpaired) electrons. The molecule has 4 unspecified atom stereocenters. The molecule has 7 atom stereocenters. The quantitative estimate of drug-likeness (QED) is 0.417. The van der Waals surface area contributed by atoms with E-state index in [4.69, 9.17) is 9.47 Å². The minimum atomic E-state index is -1.09. The highest BCUT2D eigenvalue weighted by atomic mass is 16.5. The topological polar surface area (TPSA) is 117 Å². The number of nitrogens with zero attached hydrogens (tertiary/aromatic N) is 1. The smallest absolute Gasteiger partial charge is 0.246 e. The van der Waals surface area contributed by atoms with Crippen LogP contribution in [0.15, 0.2) is 24.3 Å². The van der Waals surface area contributed by atoms with E-state index in [0.29, 0.717) is 30.9 Å². The summed E-state index contributed by atoms with van der Waals surface area (Å²) in [6.45, 7) is 10.5. The van der Waals surface area contributed by atoms with Crippen molar-refractivity contribution in [2.45, 2.75) is 83.6 Å². The third-order valence-corrected chi connectivity index (χ3v) is 8.45. The standard InChI is InChI=1S/C28H41N3O6/c1-6-9-18(4)29-25(34)23-28-16-17(3)27(5,37-28)21(22(28)26(35)31(23)14-8-15-32)24(33)30-19-10-12-20(13-11-19)36-7-2/h10-13,17-18,21-23,32H,6-9,14-16H2,1-5H3,(H,29,34)(H,30,33)/t17?,18?,21-,22+,23?,27+,28?/m1/s1. The largest absolute Gasteiger partial charge is 0.494 e. The van der Waals surface area contributed by atoms with E-state index >= 15 is 0 Å². The van der Waals surface area contributed by atoms with Crippen LogP contribution in [0.4, 0.5) is 5.69 Å². The summed E-state index contributed by atoms with van der Waals surface area (Å²) in [6, 6.07) is 6.23. The van der Waals surface area contributed by atoms with Crippen molar-refractivity contribution >= 4 is 23.4 Å². The first-order valence-electron chi connectivity index (χ1n) is 13.6. The Morgan fingerprint density at radius 2 is 1.95 bits per heavy atom. The summed E-state index contributed by atoms with van der Waals surface area (Å²) in [7, 11) is 0. The van der Waals surface area contributed by atoms with E-state index in [1.54, 1.807) is 29.2 Å². The molecule has 9 heteroatoms. The molecular weight excluding hydrogens is 474 g/mol. The fourth-order valence-electron chi connectivity index (χ4n) is 6.77. The van der Waals surface area contributed by atoms with Gasteiger partial charge in [-0.25, -0.2) is 0 Å². The second kappa shape index (κ2) is 10.6. The van der Waals surface area contributed by atoms with E-state index in [1.165, 1.54) is 0 Å². The number of nitrogens with one attached hydrogen (secondary N) is 2. The lowest BCUT2D eigenvalue weighted by Gasteiger charge is -2.36. The predicted molar refractivity (Wildman–Crippen MR) is 139 cm³/mol. The van der Waals surface area contributed by atoms with E-state index in [0.717, 1.165) is 12.8 Å². The van der Waals surface area contributed by atoms with Gasteiger partial charge in [-0.1, -0.05) is 20.3 Å². The van der Waals surface area contributed by atoms with Crippen molar-refractivity contribution in [3.63, 3.8) is 0 Å². The highest BCUT2D eigenvalue weighted by Gasteiger charge is 2.79. The molecule has 3 N–H and O–H groups in total. The van der Waals surface area contributed by atoms with Crippen molar-refractivity contribution in [3.05, 3.63) is 24.3 Å². The summed E-state index contributed by atoms with van der Waals surface area (Å²) in [6.07, 6.45) is 2.61. The maximum Gasteiger partial charge on any atom is 0.246 e. The second-order valence-corrected chi connectivity index (χ2v) is 11.0. The second-order valence-electron chi connectivity index (χ2n) is 11.0. The van der Waals surface area contributed by atoms with Crippen LogP contribution >= 0.6 is 0 Å².